The van der Waals surface area contributed by atoms with Crippen molar-refractivity contribution in [3.05, 3.63) is 40.1 Å². The summed E-state index contributed by atoms with van der Waals surface area (Å²) in [5.74, 6) is 0. The number of fused-ring (bicyclic) bond motifs is 1. The predicted molar refractivity (Wildman–Crippen MR) is 85.1 cm³/mol. The number of hydrogen-bond donors (Lipinski definition) is 2. The third kappa shape index (κ3) is 2.57. The van der Waals surface area contributed by atoms with E-state index in [4.69, 9.17) is 5.73 Å². The Kier molecular flexibility index (Phi) is 3.16. The minimum Gasteiger partial charge on any atom is -0.399 e. The lowest BCUT2D eigenvalue weighted by Crippen LogP contribution is -2.03. The number of nitrogens with one attached hydrogen (secondary N) is 1. The number of thiazole rings is 1. The zero-order valence-electron chi connectivity index (χ0n) is 10.8. The van der Waals surface area contributed by atoms with Crippen LogP contribution in [-0.2, 0) is 0 Å². The number of benzene rings is 1. The van der Waals surface area contributed by atoms with E-state index in [1.807, 2.05) is 29.5 Å². The van der Waals surface area contributed by atoms with Gasteiger partial charge in [-0.05, 0) is 44.2 Å². The Balaban J connectivity index is 1.85. The molecule has 0 aliphatic heterocycles. The Morgan fingerprint density at radius 1 is 1.21 bits per heavy atom. The first-order chi connectivity index (χ1) is 9.11. The zero-order valence-corrected chi connectivity index (χ0v) is 12.4. The maximum atomic E-state index is 5.79. The van der Waals surface area contributed by atoms with Gasteiger partial charge in [-0.15, -0.1) is 11.3 Å². The van der Waals surface area contributed by atoms with Gasteiger partial charge in [0.1, 0.15) is 0 Å². The molecule has 1 aromatic carbocycles. The van der Waals surface area contributed by atoms with E-state index in [0.29, 0.717) is 0 Å². The van der Waals surface area contributed by atoms with Gasteiger partial charge in [0, 0.05) is 15.4 Å². The van der Waals surface area contributed by atoms with Crippen LogP contribution < -0.4 is 11.1 Å². The van der Waals surface area contributed by atoms with Crippen LogP contribution in [0.5, 0.6) is 0 Å². The van der Waals surface area contributed by atoms with Crippen molar-refractivity contribution in [1.82, 2.24) is 4.98 Å². The lowest BCUT2D eigenvalue weighted by atomic mass is 10.3. The van der Waals surface area contributed by atoms with Crippen LogP contribution in [0.3, 0.4) is 0 Å². The van der Waals surface area contributed by atoms with E-state index in [-0.39, 0.29) is 6.04 Å². The summed E-state index contributed by atoms with van der Waals surface area (Å²) in [6, 6.07) is 10.4. The van der Waals surface area contributed by atoms with Crippen LogP contribution in [0.2, 0.25) is 0 Å². The number of nitrogens with zero attached hydrogens (tertiary/aromatic N) is 1. The highest BCUT2D eigenvalue weighted by Crippen LogP contribution is 2.31. The predicted octanol–water partition coefficient (Wildman–Crippen LogP) is 4.42. The molecule has 0 spiro atoms. The van der Waals surface area contributed by atoms with Crippen molar-refractivity contribution in [3.8, 4) is 0 Å². The van der Waals surface area contributed by atoms with Gasteiger partial charge in [-0.2, -0.15) is 0 Å². The van der Waals surface area contributed by atoms with Gasteiger partial charge >= 0.3 is 0 Å². The van der Waals surface area contributed by atoms with E-state index < -0.39 is 0 Å². The number of rotatable bonds is 3. The Morgan fingerprint density at radius 2 is 2.05 bits per heavy atom. The van der Waals surface area contributed by atoms with Crippen LogP contribution in [0.1, 0.15) is 22.7 Å². The SMILES string of the molecule is Cc1ccc(C(C)Nc2nc3ccc(N)cc3s2)s1. The van der Waals surface area contributed by atoms with Crippen molar-refractivity contribution in [3.63, 3.8) is 0 Å². The number of hydrogen-bond acceptors (Lipinski definition) is 5. The molecule has 0 aliphatic carbocycles. The minimum absolute atomic E-state index is 0.275. The minimum atomic E-state index is 0.275. The summed E-state index contributed by atoms with van der Waals surface area (Å²) in [7, 11) is 0. The van der Waals surface area contributed by atoms with E-state index >= 15 is 0 Å². The van der Waals surface area contributed by atoms with Crippen molar-refractivity contribution in [2.75, 3.05) is 11.1 Å². The molecule has 0 aliphatic rings. The van der Waals surface area contributed by atoms with E-state index in [2.05, 4.69) is 36.3 Å². The fraction of sp³-hybridized carbons (Fsp3) is 0.214. The molecule has 0 radical (unpaired) electrons. The Bertz CT molecular complexity index is 714. The second-order valence-corrected chi connectivity index (χ2v) is 6.91. The van der Waals surface area contributed by atoms with Gasteiger partial charge in [0.05, 0.1) is 16.3 Å². The fourth-order valence-corrected chi connectivity index (χ4v) is 3.83. The standard InChI is InChI=1S/C14H15N3S2/c1-8-3-6-12(18-8)9(2)16-14-17-11-5-4-10(15)7-13(11)19-14/h3-7,9H,15H2,1-2H3,(H,16,17). The average molecular weight is 289 g/mol. The summed E-state index contributed by atoms with van der Waals surface area (Å²) in [6.07, 6.45) is 0. The monoisotopic (exact) mass is 289 g/mol. The largest absolute Gasteiger partial charge is 0.399 e. The molecule has 0 fully saturated rings. The van der Waals surface area contributed by atoms with Gasteiger partial charge in [0.2, 0.25) is 0 Å². The summed E-state index contributed by atoms with van der Waals surface area (Å²) in [6.45, 7) is 4.28. The lowest BCUT2D eigenvalue weighted by Gasteiger charge is -2.10. The Labute approximate surface area is 120 Å². The van der Waals surface area contributed by atoms with Crippen LogP contribution in [0.15, 0.2) is 30.3 Å². The first-order valence-electron chi connectivity index (χ1n) is 6.11. The molecule has 0 amide bonds. The molecule has 19 heavy (non-hydrogen) atoms. The van der Waals surface area contributed by atoms with E-state index in [1.165, 1.54) is 9.75 Å². The van der Waals surface area contributed by atoms with Crippen molar-refractivity contribution < 1.29 is 0 Å². The topological polar surface area (TPSA) is 50.9 Å². The molecular formula is C14H15N3S2. The molecule has 1 atom stereocenters. The summed E-state index contributed by atoms with van der Waals surface area (Å²) < 4.78 is 1.12. The maximum absolute atomic E-state index is 5.79. The molecule has 1 unspecified atom stereocenters. The van der Waals surface area contributed by atoms with Crippen LogP contribution in [-0.4, -0.2) is 4.98 Å². The quantitative estimate of drug-likeness (QED) is 0.702. The molecule has 0 saturated carbocycles. The Hall–Kier alpha value is -1.59. The fourth-order valence-electron chi connectivity index (χ4n) is 1.95. The second-order valence-electron chi connectivity index (χ2n) is 4.56. The van der Waals surface area contributed by atoms with Gasteiger partial charge < -0.3 is 11.1 Å². The van der Waals surface area contributed by atoms with Crippen molar-refractivity contribution in [2.24, 2.45) is 0 Å². The van der Waals surface area contributed by atoms with Crippen LogP contribution >= 0.6 is 22.7 Å². The normalized spacial score (nSPS) is 12.7. The van der Waals surface area contributed by atoms with E-state index in [1.54, 1.807) is 11.3 Å². The zero-order chi connectivity index (χ0) is 13.4. The molecule has 3 aromatic rings. The first kappa shape index (κ1) is 12.4. The van der Waals surface area contributed by atoms with Crippen LogP contribution in [0, 0.1) is 6.92 Å². The molecule has 0 bridgehead atoms. The highest BCUT2D eigenvalue weighted by atomic mass is 32.1. The highest BCUT2D eigenvalue weighted by molar-refractivity contribution is 7.22. The highest BCUT2D eigenvalue weighted by Gasteiger charge is 2.10. The van der Waals surface area contributed by atoms with Crippen LogP contribution in [0.25, 0.3) is 10.2 Å². The van der Waals surface area contributed by atoms with Gasteiger partial charge in [-0.25, -0.2) is 4.98 Å². The smallest absolute Gasteiger partial charge is 0.184 e. The lowest BCUT2D eigenvalue weighted by molar-refractivity contribution is 0.905. The van der Waals surface area contributed by atoms with E-state index in [9.17, 15) is 0 Å². The summed E-state index contributed by atoms with van der Waals surface area (Å²) in [4.78, 5) is 7.25. The van der Waals surface area contributed by atoms with Gasteiger partial charge in [0.15, 0.2) is 5.13 Å². The molecule has 3 N–H and O–H groups in total. The van der Waals surface area contributed by atoms with E-state index in [0.717, 1.165) is 21.0 Å². The van der Waals surface area contributed by atoms with Gasteiger partial charge in [0.25, 0.3) is 0 Å². The molecule has 2 aromatic heterocycles. The number of aryl methyl sites for hydroxylation is 1. The number of thiophene rings is 1. The molecule has 2 heterocycles. The van der Waals surface area contributed by atoms with Crippen LogP contribution in [0.4, 0.5) is 10.8 Å². The molecule has 3 nitrogen and oxygen atoms in total. The molecule has 0 saturated heterocycles. The summed E-state index contributed by atoms with van der Waals surface area (Å²) in [5, 5.41) is 4.40. The average Bonchev–Trinajstić information content (AvgIpc) is 2.94. The van der Waals surface area contributed by atoms with Crippen molar-refractivity contribution >= 4 is 43.7 Å². The molecular weight excluding hydrogens is 274 g/mol. The number of nitrogen functional groups attached to an aromatic ring is 1. The summed E-state index contributed by atoms with van der Waals surface area (Å²) in [5.41, 5.74) is 7.57. The van der Waals surface area contributed by atoms with Crippen molar-refractivity contribution in [2.45, 2.75) is 19.9 Å². The molecule has 3 rings (SSSR count). The number of aromatic nitrogens is 1. The van der Waals surface area contributed by atoms with Crippen molar-refractivity contribution in [1.29, 1.82) is 0 Å². The third-order valence-corrected chi connectivity index (χ3v) is 5.07. The second kappa shape index (κ2) is 4.83. The summed E-state index contributed by atoms with van der Waals surface area (Å²) >= 11 is 3.46. The first-order valence-corrected chi connectivity index (χ1v) is 7.74. The third-order valence-electron chi connectivity index (χ3n) is 2.94. The number of nitrogens with two attached hydrogens (primary N) is 1. The Morgan fingerprint density at radius 3 is 2.79 bits per heavy atom. The number of anilines is 2. The van der Waals surface area contributed by atoms with Gasteiger partial charge in [-0.1, -0.05) is 11.3 Å². The molecule has 5 heteroatoms. The maximum Gasteiger partial charge on any atom is 0.184 e. The molecule has 98 valence electrons. The van der Waals surface area contributed by atoms with Gasteiger partial charge in [-0.3, -0.25) is 0 Å².